The van der Waals surface area contributed by atoms with Gasteiger partial charge in [0.2, 0.25) is 5.95 Å². The summed E-state index contributed by atoms with van der Waals surface area (Å²) in [6.45, 7) is 4.66. The van der Waals surface area contributed by atoms with Gasteiger partial charge in [-0.15, -0.1) is 0 Å². The first-order valence-corrected chi connectivity index (χ1v) is 9.32. The lowest BCUT2D eigenvalue weighted by Crippen LogP contribution is -2.50. The molecule has 0 unspecified atom stereocenters. The Balaban J connectivity index is 1.37. The summed E-state index contributed by atoms with van der Waals surface area (Å²) in [5.41, 5.74) is 1.58. The van der Waals surface area contributed by atoms with E-state index in [1.807, 2.05) is 31.2 Å². The molecule has 1 aliphatic heterocycles. The van der Waals surface area contributed by atoms with Gasteiger partial charge >= 0.3 is 6.03 Å². The third-order valence-corrected chi connectivity index (χ3v) is 4.64. The average molecular weight is 378 g/mol. The summed E-state index contributed by atoms with van der Waals surface area (Å²) in [4.78, 5) is 29.5. The topological polar surface area (TPSA) is 103 Å². The molecule has 9 heteroatoms. The quantitative estimate of drug-likeness (QED) is 0.721. The van der Waals surface area contributed by atoms with Crippen molar-refractivity contribution in [1.29, 1.82) is 0 Å². The van der Waals surface area contributed by atoms with Gasteiger partial charge in [-0.05, 0) is 18.2 Å². The lowest BCUT2D eigenvalue weighted by atomic mass is 10.2. The molecule has 144 valence electrons. The molecular weight excluding hydrogens is 356 g/mol. The predicted molar refractivity (Wildman–Crippen MR) is 106 cm³/mol. The Morgan fingerprint density at radius 1 is 1.14 bits per heavy atom. The number of hydrogen-bond acceptors (Lipinski definition) is 6. The van der Waals surface area contributed by atoms with Crippen LogP contribution in [0.5, 0.6) is 0 Å². The Morgan fingerprint density at radius 2 is 1.93 bits per heavy atom. The van der Waals surface area contributed by atoms with Gasteiger partial charge in [-0.3, -0.25) is 5.10 Å². The van der Waals surface area contributed by atoms with E-state index in [0.29, 0.717) is 38.0 Å². The molecule has 1 aliphatic rings. The molecule has 0 radical (unpaired) electrons. The van der Waals surface area contributed by atoms with E-state index in [4.69, 9.17) is 0 Å². The van der Waals surface area contributed by atoms with Crippen LogP contribution >= 0.6 is 0 Å². The minimum atomic E-state index is -0.116. The number of urea groups is 1. The molecule has 2 aromatic heterocycles. The minimum absolute atomic E-state index is 0.116. The molecule has 28 heavy (non-hydrogen) atoms. The summed E-state index contributed by atoms with van der Waals surface area (Å²) >= 11 is 0. The van der Waals surface area contributed by atoms with Crippen LogP contribution in [-0.2, 0) is 6.42 Å². The smallest absolute Gasteiger partial charge is 0.321 e. The normalized spacial score (nSPS) is 14.2. The van der Waals surface area contributed by atoms with Gasteiger partial charge in [0.15, 0.2) is 5.82 Å². The second kappa shape index (κ2) is 8.03. The molecule has 3 aromatic rings. The molecule has 4 rings (SSSR count). The van der Waals surface area contributed by atoms with Crippen molar-refractivity contribution < 1.29 is 4.79 Å². The number of anilines is 2. The number of aromatic amines is 1. The summed E-state index contributed by atoms with van der Waals surface area (Å²) in [7, 11) is 0. The fourth-order valence-corrected chi connectivity index (χ4v) is 3.09. The molecule has 2 amide bonds. The Morgan fingerprint density at radius 3 is 2.64 bits per heavy atom. The van der Waals surface area contributed by atoms with Gasteiger partial charge in [-0.2, -0.15) is 5.10 Å². The van der Waals surface area contributed by atoms with E-state index in [2.05, 4.69) is 35.4 Å². The molecule has 1 saturated heterocycles. The van der Waals surface area contributed by atoms with Crippen molar-refractivity contribution in [3.63, 3.8) is 0 Å². The van der Waals surface area contributed by atoms with E-state index in [0.717, 1.165) is 23.5 Å². The van der Waals surface area contributed by atoms with Crippen LogP contribution in [0.15, 0.2) is 42.7 Å². The van der Waals surface area contributed by atoms with Crippen LogP contribution in [0.4, 0.5) is 16.4 Å². The maximum atomic E-state index is 12.6. The molecule has 0 saturated carbocycles. The first-order valence-electron chi connectivity index (χ1n) is 9.32. The number of piperazine rings is 1. The van der Waals surface area contributed by atoms with E-state index in [1.54, 1.807) is 23.4 Å². The van der Waals surface area contributed by atoms with Crippen LogP contribution in [0.25, 0.3) is 11.4 Å². The number of aryl methyl sites for hydroxylation is 1. The minimum Gasteiger partial charge on any atom is -0.337 e. The Labute approximate surface area is 162 Å². The number of benzene rings is 1. The second-order valence-electron chi connectivity index (χ2n) is 6.49. The number of rotatable bonds is 4. The fraction of sp³-hybridized carbons (Fsp3) is 0.316. The fourth-order valence-electron chi connectivity index (χ4n) is 3.09. The number of amides is 2. The monoisotopic (exact) mass is 378 g/mol. The number of nitrogens with one attached hydrogen (secondary N) is 2. The second-order valence-corrected chi connectivity index (χ2v) is 6.49. The lowest BCUT2D eigenvalue weighted by molar-refractivity contribution is 0.208. The molecule has 0 aliphatic carbocycles. The molecular formula is C19H22N8O. The zero-order valence-electron chi connectivity index (χ0n) is 15.7. The number of hydrogen-bond donors (Lipinski definition) is 2. The third kappa shape index (κ3) is 3.93. The molecule has 1 fully saturated rings. The number of nitrogens with zero attached hydrogens (tertiary/aromatic N) is 6. The summed E-state index contributed by atoms with van der Waals surface area (Å²) in [6.07, 6.45) is 4.25. The van der Waals surface area contributed by atoms with Crippen LogP contribution < -0.4 is 10.2 Å². The maximum Gasteiger partial charge on any atom is 0.321 e. The molecule has 0 spiro atoms. The van der Waals surface area contributed by atoms with Gasteiger partial charge in [0.25, 0.3) is 0 Å². The van der Waals surface area contributed by atoms with Crippen molar-refractivity contribution in [1.82, 2.24) is 30.0 Å². The first-order chi connectivity index (χ1) is 13.7. The first kappa shape index (κ1) is 17.9. The third-order valence-electron chi connectivity index (χ3n) is 4.64. The number of H-pyrrole nitrogens is 1. The predicted octanol–water partition coefficient (Wildman–Crippen LogP) is 2.18. The van der Waals surface area contributed by atoms with Gasteiger partial charge in [0.1, 0.15) is 5.82 Å². The molecule has 1 aromatic carbocycles. The van der Waals surface area contributed by atoms with E-state index >= 15 is 0 Å². The average Bonchev–Trinajstić information content (AvgIpc) is 3.24. The van der Waals surface area contributed by atoms with Crippen LogP contribution in [0.3, 0.4) is 0 Å². The van der Waals surface area contributed by atoms with E-state index in [1.165, 1.54) is 0 Å². The van der Waals surface area contributed by atoms with Gasteiger partial charge < -0.3 is 15.1 Å². The Bertz CT molecular complexity index is 934. The zero-order valence-corrected chi connectivity index (χ0v) is 15.7. The van der Waals surface area contributed by atoms with Crippen LogP contribution in [0.1, 0.15) is 12.7 Å². The van der Waals surface area contributed by atoms with Gasteiger partial charge in [0, 0.05) is 56.2 Å². The van der Waals surface area contributed by atoms with E-state index < -0.39 is 0 Å². The van der Waals surface area contributed by atoms with E-state index in [9.17, 15) is 4.79 Å². The number of carbonyl (C=O) groups excluding carboxylic acids is 1. The standard InChI is InChI=1S/C19H22N8O/c1-2-16-23-17(25-24-16)14-5-3-6-15(13-14)22-19(28)27-11-9-26(10-12-27)18-20-7-4-8-21-18/h3-8,13H,2,9-12H2,1H3,(H,22,28)(H,23,24,25). The van der Waals surface area contributed by atoms with Crippen LogP contribution in [-0.4, -0.2) is 62.3 Å². The van der Waals surface area contributed by atoms with Crippen LogP contribution in [0, 0.1) is 0 Å². The summed E-state index contributed by atoms with van der Waals surface area (Å²) in [6, 6.07) is 9.24. The molecule has 0 atom stereocenters. The highest BCUT2D eigenvalue weighted by Crippen LogP contribution is 2.20. The van der Waals surface area contributed by atoms with Crippen molar-refractivity contribution in [2.24, 2.45) is 0 Å². The van der Waals surface area contributed by atoms with Crippen LogP contribution in [0.2, 0.25) is 0 Å². The SMILES string of the molecule is CCc1nc(-c2cccc(NC(=O)N3CCN(c4ncccn4)CC3)c2)n[nH]1. The van der Waals surface area contributed by atoms with Crippen molar-refractivity contribution in [2.75, 3.05) is 36.4 Å². The summed E-state index contributed by atoms with van der Waals surface area (Å²) in [5.74, 6) is 2.17. The highest BCUT2D eigenvalue weighted by atomic mass is 16.2. The summed E-state index contributed by atoms with van der Waals surface area (Å²) < 4.78 is 0. The lowest BCUT2D eigenvalue weighted by Gasteiger charge is -2.34. The van der Waals surface area contributed by atoms with E-state index in [-0.39, 0.29) is 6.03 Å². The van der Waals surface area contributed by atoms with Crippen molar-refractivity contribution in [3.8, 4) is 11.4 Å². The van der Waals surface area contributed by atoms with Crippen molar-refractivity contribution >= 4 is 17.7 Å². The van der Waals surface area contributed by atoms with Gasteiger partial charge in [0.05, 0.1) is 0 Å². The molecule has 3 heterocycles. The largest absolute Gasteiger partial charge is 0.337 e. The van der Waals surface area contributed by atoms with Gasteiger partial charge in [-0.1, -0.05) is 19.1 Å². The van der Waals surface area contributed by atoms with Crippen molar-refractivity contribution in [3.05, 3.63) is 48.5 Å². The molecule has 0 bridgehead atoms. The molecule has 2 N–H and O–H groups in total. The highest BCUT2D eigenvalue weighted by molar-refractivity contribution is 5.90. The maximum absolute atomic E-state index is 12.6. The Hall–Kier alpha value is -3.49. The summed E-state index contributed by atoms with van der Waals surface area (Å²) in [5, 5.41) is 10.1. The zero-order chi connectivity index (χ0) is 19.3. The highest BCUT2D eigenvalue weighted by Gasteiger charge is 2.22. The number of carbonyl (C=O) groups is 1. The van der Waals surface area contributed by atoms with Crippen molar-refractivity contribution in [2.45, 2.75) is 13.3 Å². The molecule has 9 nitrogen and oxygen atoms in total. The number of aromatic nitrogens is 5. The van der Waals surface area contributed by atoms with Gasteiger partial charge in [-0.25, -0.2) is 19.7 Å². The Kier molecular flexibility index (Phi) is 5.14.